The molecule has 0 aliphatic carbocycles. The van der Waals surface area contributed by atoms with Crippen LogP contribution in [0.2, 0.25) is 0 Å². The van der Waals surface area contributed by atoms with Crippen molar-refractivity contribution >= 4 is 28.1 Å². The van der Waals surface area contributed by atoms with Crippen molar-refractivity contribution < 1.29 is 32.2 Å². The van der Waals surface area contributed by atoms with Gasteiger partial charge in [0.2, 0.25) is 0 Å². The summed E-state index contributed by atoms with van der Waals surface area (Å²) in [5.41, 5.74) is 3.72. The summed E-state index contributed by atoms with van der Waals surface area (Å²) in [6.07, 6.45) is 3.83. The van der Waals surface area contributed by atoms with Gasteiger partial charge in [-0.3, -0.25) is 13.7 Å². The second-order valence-corrected chi connectivity index (χ2v) is 13.3. The van der Waals surface area contributed by atoms with Crippen LogP contribution in [0, 0.1) is 0 Å². The van der Waals surface area contributed by atoms with Crippen molar-refractivity contribution in [3.63, 3.8) is 0 Å². The number of nitrogens with one attached hydrogen (secondary N) is 2. The minimum absolute atomic E-state index is 0. The highest BCUT2D eigenvalue weighted by atomic mass is 79.9. The molecule has 0 fully saturated rings. The average Bonchev–Trinajstić information content (AvgIpc) is 3.81. The molecule has 0 aliphatic heterocycles. The van der Waals surface area contributed by atoms with E-state index >= 15 is 0 Å². The number of rotatable bonds is 11. The van der Waals surface area contributed by atoms with Crippen molar-refractivity contribution in [2.24, 2.45) is 26.9 Å². The number of halogens is 4. The van der Waals surface area contributed by atoms with E-state index in [4.69, 9.17) is 15.2 Å². The molecule has 362 valence electrons. The van der Waals surface area contributed by atoms with E-state index in [-0.39, 0.29) is 89.8 Å². The van der Waals surface area contributed by atoms with E-state index in [1.54, 1.807) is 62.7 Å². The summed E-state index contributed by atoms with van der Waals surface area (Å²) in [5.74, 6) is 1.81. The Bertz CT molecular complexity index is 1810. The van der Waals surface area contributed by atoms with E-state index in [2.05, 4.69) is 41.9 Å². The molecular weight excluding hydrogens is 885 g/mol. The van der Waals surface area contributed by atoms with E-state index in [0.717, 1.165) is 14.0 Å². The summed E-state index contributed by atoms with van der Waals surface area (Å²) in [6.45, 7) is 18.4. The fourth-order valence-electron chi connectivity index (χ4n) is 3.57. The lowest BCUT2D eigenvalue weighted by Gasteiger charge is -2.19. The maximum atomic E-state index is 12.8. The summed E-state index contributed by atoms with van der Waals surface area (Å²) in [5, 5.41) is 16.2. The molecule has 3 aromatic rings. The third-order valence-corrected chi connectivity index (χ3v) is 6.16. The summed E-state index contributed by atoms with van der Waals surface area (Å²) in [7, 11) is 4.67. The summed E-state index contributed by atoms with van der Waals surface area (Å²) in [6, 6.07) is 0. The first kappa shape index (κ1) is 68.5. The monoisotopic (exact) mass is 961 g/mol. The van der Waals surface area contributed by atoms with Gasteiger partial charge in [-0.15, -0.1) is 0 Å². The molecule has 3 aromatic heterocycles. The number of alkyl carbamates (subject to hydrolysis) is 2. The molecule has 62 heavy (non-hydrogen) atoms. The number of alkyl halides is 1. The fraction of sp³-hybridized carbons (Fsp3) is 0.641. The van der Waals surface area contributed by atoms with E-state index in [9.17, 15) is 37.1 Å². The van der Waals surface area contributed by atoms with Crippen molar-refractivity contribution in [2.75, 3.05) is 25.5 Å². The predicted octanol–water partition coefficient (Wildman–Crippen LogP) is 6.29. The molecule has 0 unspecified atom stereocenters. The van der Waals surface area contributed by atoms with Gasteiger partial charge in [0.15, 0.2) is 0 Å². The van der Waals surface area contributed by atoms with Gasteiger partial charge in [0.05, 0.1) is 38.6 Å². The molecule has 0 radical (unpaired) electrons. The molecular formula is C39H76BrF3N12O7. The van der Waals surface area contributed by atoms with Gasteiger partial charge < -0.3 is 25.8 Å². The molecule has 0 atom stereocenters. The minimum Gasteiger partial charge on any atom is -0.444 e. The van der Waals surface area contributed by atoms with Crippen LogP contribution in [0.15, 0.2) is 69.1 Å². The van der Waals surface area contributed by atoms with Crippen LogP contribution in [0.5, 0.6) is 0 Å². The number of carbonyl (C=O) groups excluding carboxylic acids is 2. The SMILES string of the molecule is C.C.C.CBr.CC.CC.Cn1cnn(CC(=CF)CN)c1=O.Cn1cnn(CC(=CF)CNC(=O)OC(C)(C)C)c1=O.Cn1cnn(CC(=CF)CNC(=O)OC(C)(C)C)c1=O. The molecule has 3 rings (SSSR count). The molecule has 0 saturated carbocycles. The number of nitrogens with zero attached hydrogens (tertiary/aromatic N) is 9. The summed E-state index contributed by atoms with van der Waals surface area (Å²) < 4.78 is 54.9. The number of carbonyl (C=O) groups is 2. The number of hydrogen-bond donors (Lipinski definition) is 3. The molecule has 2 amide bonds. The van der Waals surface area contributed by atoms with Crippen molar-refractivity contribution in [1.29, 1.82) is 0 Å². The summed E-state index contributed by atoms with van der Waals surface area (Å²) in [4.78, 5) is 57.2. The first-order chi connectivity index (χ1) is 27.6. The van der Waals surface area contributed by atoms with E-state index in [1.165, 1.54) is 32.7 Å². The first-order valence-electron chi connectivity index (χ1n) is 18.3. The molecule has 4 N–H and O–H groups in total. The standard InChI is InChI=1S/2C12H19FN4O3.C7H11FN4O.2C2H6.CH3Br.3CH4/c2*1-12(2,3)20-10(18)14-6-9(5-13)7-17-11(19)16(4)8-15-17;1-11-5-10-12(7(11)13)4-6(2-8)3-9;3*1-2;;;/h2*5,8H,6-7H2,1-4H3,(H,14,18);2,5H,3-4,9H2,1H3;2*1-2H3;1H3;3*1H4. The van der Waals surface area contributed by atoms with Crippen molar-refractivity contribution in [3.05, 3.63) is 86.1 Å². The van der Waals surface area contributed by atoms with Gasteiger partial charge in [-0.05, 0) is 64.1 Å². The number of aromatic nitrogens is 9. The highest BCUT2D eigenvalue weighted by molar-refractivity contribution is 9.08. The van der Waals surface area contributed by atoms with Crippen LogP contribution >= 0.6 is 15.9 Å². The Hall–Kier alpha value is -5.19. The highest BCUT2D eigenvalue weighted by Gasteiger charge is 2.17. The predicted molar refractivity (Wildman–Crippen MR) is 245 cm³/mol. The summed E-state index contributed by atoms with van der Waals surface area (Å²) >= 11 is 2.94. The Morgan fingerprint density at radius 1 is 0.613 bits per heavy atom. The van der Waals surface area contributed by atoms with Gasteiger partial charge in [-0.25, -0.2) is 51.2 Å². The second kappa shape index (κ2) is 36.5. The van der Waals surface area contributed by atoms with E-state index < -0.39 is 23.4 Å². The lowest BCUT2D eigenvalue weighted by atomic mass is 10.2. The largest absolute Gasteiger partial charge is 0.444 e. The smallest absolute Gasteiger partial charge is 0.407 e. The third kappa shape index (κ3) is 29.1. The third-order valence-electron chi connectivity index (χ3n) is 6.16. The minimum atomic E-state index is -0.648. The number of hydrogen-bond acceptors (Lipinski definition) is 11. The van der Waals surface area contributed by atoms with Crippen LogP contribution in [-0.2, 0) is 50.3 Å². The normalized spacial score (nSPS) is 10.8. The van der Waals surface area contributed by atoms with Gasteiger partial charge in [0.1, 0.15) is 30.2 Å². The molecule has 0 saturated heterocycles. The zero-order valence-electron chi connectivity index (χ0n) is 36.7. The molecule has 0 bridgehead atoms. The number of amides is 2. The quantitative estimate of drug-likeness (QED) is 0.181. The molecule has 3 heterocycles. The Kier molecular flexibility index (Phi) is 40.3. The Morgan fingerprint density at radius 2 is 0.855 bits per heavy atom. The Balaban J connectivity index is -0.000000177. The number of aryl methyl sites for hydroxylation is 3. The van der Waals surface area contributed by atoms with E-state index in [1.807, 2.05) is 33.5 Å². The lowest BCUT2D eigenvalue weighted by Crippen LogP contribution is -2.34. The van der Waals surface area contributed by atoms with Gasteiger partial charge >= 0.3 is 29.3 Å². The lowest BCUT2D eigenvalue weighted by molar-refractivity contribution is 0.0520. The van der Waals surface area contributed by atoms with E-state index in [0.29, 0.717) is 24.6 Å². The van der Waals surface area contributed by atoms with Crippen molar-refractivity contribution in [1.82, 2.24) is 53.7 Å². The van der Waals surface area contributed by atoms with Crippen molar-refractivity contribution in [3.8, 4) is 0 Å². The van der Waals surface area contributed by atoms with Crippen LogP contribution in [0.4, 0.5) is 22.8 Å². The van der Waals surface area contributed by atoms with Gasteiger partial charge in [-0.1, -0.05) is 65.9 Å². The number of nitrogens with two attached hydrogens (primary N) is 1. The fourth-order valence-corrected chi connectivity index (χ4v) is 3.57. The zero-order valence-corrected chi connectivity index (χ0v) is 38.3. The average molecular weight is 962 g/mol. The van der Waals surface area contributed by atoms with Gasteiger partial charge in [0.25, 0.3) is 0 Å². The Labute approximate surface area is 374 Å². The van der Waals surface area contributed by atoms with Gasteiger partial charge in [-0.2, -0.15) is 15.3 Å². The topological polar surface area (TPSA) is 222 Å². The highest BCUT2D eigenvalue weighted by Crippen LogP contribution is 2.08. The maximum absolute atomic E-state index is 12.8. The van der Waals surface area contributed by atoms with Crippen LogP contribution < -0.4 is 33.4 Å². The first-order valence-corrected chi connectivity index (χ1v) is 19.8. The Morgan fingerprint density at radius 3 is 1.03 bits per heavy atom. The molecule has 23 heteroatoms. The maximum Gasteiger partial charge on any atom is 0.407 e. The molecule has 0 aliphatic rings. The molecule has 0 spiro atoms. The van der Waals surface area contributed by atoms with Crippen LogP contribution in [0.1, 0.15) is 91.5 Å². The molecule has 19 nitrogen and oxygen atoms in total. The second-order valence-electron chi connectivity index (χ2n) is 13.3. The van der Waals surface area contributed by atoms with Crippen molar-refractivity contribution in [2.45, 2.75) is 122 Å². The van der Waals surface area contributed by atoms with Gasteiger partial charge in [0, 0.05) is 40.8 Å². The molecule has 0 aromatic carbocycles. The zero-order chi connectivity index (χ0) is 46.5. The van der Waals surface area contributed by atoms with Crippen LogP contribution in [-0.4, -0.2) is 91.9 Å². The van der Waals surface area contributed by atoms with Crippen LogP contribution in [0.25, 0.3) is 0 Å². The van der Waals surface area contributed by atoms with Crippen LogP contribution in [0.3, 0.4) is 0 Å². The number of ether oxygens (including phenoxy) is 2.